The second kappa shape index (κ2) is 6.55. The maximum absolute atomic E-state index is 13.0. The number of benzene rings is 2. The van der Waals surface area contributed by atoms with Crippen LogP contribution in [0.3, 0.4) is 0 Å². The molecule has 1 aliphatic rings. The summed E-state index contributed by atoms with van der Waals surface area (Å²) in [7, 11) is -3.63. The highest BCUT2D eigenvalue weighted by molar-refractivity contribution is 7.98. The van der Waals surface area contributed by atoms with Crippen molar-refractivity contribution in [3.05, 3.63) is 54.1 Å². The van der Waals surface area contributed by atoms with E-state index >= 15 is 0 Å². The van der Waals surface area contributed by atoms with Crippen molar-refractivity contribution in [2.75, 3.05) is 17.1 Å². The quantitative estimate of drug-likeness (QED) is 0.863. The lowest BCUT2D eigenvalue weighted by Crippen LogP contribution is -2.31. The molecule has 23 heavy (non-hydrogen) atoms. The van der Waals surface area contributed by atoms with Crippen LogP contribution in [0.1, 0.15) is 24.5 Å². The predicted molar refractivity (Wildman–Crippen MR) is 93.4 cm³/mol. The zero-order chi connectivity index (χ0) is 16.4. The number of hydrogen-bond acceptors (Lipinski definition) is 4. The number of fused-ring (bicyclic) bond motifs is 1. The van der Waals surface area contributed by atoms with Gasteiger partial charge in [-0.2, -0.15) is 0 Å². The van der Waals surface area contributed by atoms with E-state index in [9.17, 15) is 13.5 Å². The fourth-order valence-electron chi connectivity index (χ4n) is 2.83. The van der Waals surface area contributed by atoms with Crippen molar-refractivity contribution in [1.82, 2.24) is 0 Å². The van der Waals surface area contributed by atoms with Gasteiger partial charge in [0.15, 0.2) is 0 Å². The summed E-state index contributed by atoms with van der Waals surface area (Å²) in [4.78, 5) is 1.30. The van der Waals surface area contributed by atoms with E-state index in [4.69, 9.17) is 0 Å². The Morgan fingerprint density at radius 3 is 2.52 bits per heavy atom. The van der Waals surface area contributed by atoms with Crippen LogP contribution in [0.5, 0.6) is 0 Å². The van der Waals surface area contributed by atoms with Crippen LogP contribution in [-0.2, 0) is 10.0 Å². The lowest BCUT2D eigenvalue weighted by molar-refractivity contribution is 0.168. The minimum absolute atomic E-state index is 0.279. The molecule has 1 N–H and O–H groups in total. The molecule has 0 saturated carbocycles. The second-order valence-corrected chi connectivity index (χ2v) is 8.21. The van der Waals surface area contributed by atoms with Gasteiger partial charge in [0.2, 0.25) is 0 Å². The van der Waals surface area contributed by atoms with Crippen molar-refractivity contribution in [3.63, 3.8) is 0 Å². The molecule has 1 atom stereocenters. The van der Waals surface area contributed by atoms with Gasteiger partial charge in [-0.1, -0.05) is 18.2 Å². The van der Waals surface area contributed by atoms with E-state index in [1.165, 1.54) is 4.31 Å². The van der Waals surface area contributed by atoms with E-state index in [-0.39, 0.29) is 4.90 Å². The standard InChI is InChI=1S/C17H19NO3S2/c1-22-13-8-10-14(11-9-13)23(20,21)18-12-4-7-17(19)15-5-2-3-6-16(15)18/h2-3,5-6,8-11,17,19H,4,7,12H2,1H3. The van der Waals surface area contributed by atoms with Gasteiger partial charge in [0, 0.05) is 17.0 Å². The molecule has 122 valence electrons. The summed E-state index contributed by atoms with van der Waals surface area (Å²) >= 11 is 1.57. The summed E-state index contributed by atoms with van der Waals surface area (Å²) in [6.45, 7) is 0.376. The molecule has 0 aromatic heterocycles. The molecule has 0 amide bonds. The first-order valence-corrected chi connectivity index (χ1v) is 10.1. The van der Waals surface area contributed by atoms with Gasteiger partial charge in [0.1, 0.15) is 0 Å². The maximum Gasteiger partial charge on any atom is 0.264 e. The van der Waals surface area contributed by atoms with Crippen molar-refractivity contribution < 1.29 is 13.5 Å². The Bertz CT molecular complexity index is 788. The normalized spacial score (nSPS) is 18.3. The fourth-order valence-corrected chi connectivity index (χ4v) is 4.76. The van der Waals surface area contributed by atoms with E-state index in [2.05, 4.69) is 0 Å². The number of sulfonamides is 1. The Hall–Kier alpha value is -1.50. The molecule has 4 nitrogen and oxygen atoms in total. The highest BCUT2D eigenvalue weighted by atomic mass is 32.2. The summed E-state index contributed by atoms with van der Waals surface area (Å²) in [5, 5.41) is 10.2. The molecule has 0 saturated heterocycles. The van der Waals surface area contributed by atoms with Crippen molar-refractivity contribution in [2.45, 2.75) is 28.7 Å². The molecule has 2 aromatic carbocycles. The summed E-state index contributed by atoms with van der Waals surface area (Å²) in [5.41, 5.74) is 1.25. The smallest absolute Gasteiger partial charge is 0.264 e. The lowest BCUT2D eigenvalue weighted by Gasteiger charge is -2.25. The Morgan fingerprint density at radius 1 is 1.13 bits per heavy atom. The Kier molecular flexibility index (Phi) is 4.66. The SMILES string of the molecule is CSc1ccc(S(=O)(=O)N2CCCC(O)c3ccccc32)cc1. The van der Waals surface area contributed by atoms with E-state index < -0.39 is 16.1 Å². The van der Waals surface area contributed by atoms with Crippen LogP contribution in [0.15, 0.2) is 58.3 Å². The number of anilines is 1. The van der Waals surface area contributed by atoms with Crippen LogP contribution in [0.25, 0.3) is 0 Å². The predicted octanol–water partition coefficient (Wildman–Crippen LogP) is 3.43. The summed E-state index contributed by atoms with van der Waals surface area (Å²) in [6.07, 6.45) is 2.52. The molecule has 0 spiro atoms. The van der Waals surface area contributed by atoms with Crippen LogP contribution in [0.4, 0.5) is 5.69 Å². The van der Waals surface area contributed by atoms with Gasteiger partial charge in [-0.05, 0) is 49.4 Å². The average molecular weight is 349 g/mol. The first kappa shape index (κ1) is 16.4. The summed E-state index contributed by atoms with van der Waals surface area (Å²) < 4.78 is 27.5. The Labute approximate surface area is 141 Å². The van der Waals surface area contributed by atoms with Crippen LogP contribution in [-0.4, -0.2) is 26.3 Å². The lowest BCUT2D eigenvalue weighted by atomic mass is 10.1. The van der Waals surface area contributed by atoms with E-state index in [0.29, 0.717) is 30.6 Å². The molecule has 1 heterocycles. The van der Waals surface area contributed by atoms with Crippen molar-refractivity contribution >= 4 is 27.5 Å². The van der Waals surface area contributed by atoms with Gasteiger partial charge in [-0.25, -0.2) is 8.42 Å². The van der Waals surface area contributed by atoms with Gasteiger partial charge >= 0.3 is 0 Å². The molecule has 2 aromatic rings. The molecule has 0 fully saturated rings. The number of hydrogen-bond donors (Lipinski definition) is 1. The first-order valence-electron chi connectivity index (χ1n) is 7.48. The minimum atomic E-state index is -3.63. The molecule has 0 aliphatic carbocycles. The van der Waals surface area contributed by atoms with Gasteiger partial charge in [-0.3, -0.25) is 4.31 Å². The first-order chi connectivity index (χ1) is 11.0. The van der Waals surface area contributed by atoms with Crippen molar-refractivity contribution in [2.24, 2.45) is 0 Å². The van der Waals surface area contributed by atoms with Crippen molar-refractivity contribution in [3.8, 4) is 0 Å². The molecule has 3 rings (SSSR count). The third kappa shape index (κ3) is 3.11. The van der Waals surface area contributed by atoms with Crippen LogP contribution < -0.4 is 4.31 Å². The molecular formula is C17H19NO3S2. The molecule has 6 heteroatoms. The topological polar surface area (TPSA) is 57.6 Å². The molecule has 0 radical (unpaired) electrons. The number of para-hydroxylation sites is 1. The third-order valence-corrected chi connectivity index (χ3v) is 6.62. The van der Waals surface area contributed by atoms with E-state index in [0.717, 1.165) is 4.90 Å². The Morgan fingerprint density at radius 2 is 1.83 bits per heavy atom. The van der Waals surface area contributed by atoms with E-state index in [1.54, 1.807) is 42.1 Å². The van der Waals surface area contributed by atoms with Gasteiger partial charge in [-0.15, -0.1) is 11.8 Å². The number of rotatable bonds is 3. The van der Waals surface area contributed by atoms with Gasteiger partial charge in [0.05, 0.1) is 16.7 Å². The zero-order valence-electron chi connectivity index (χ0n) is 12.8. The van der Waals surface area contributed by atoms with E-state index in [1.807, 2.05) is 24.5 Å². The van der Waals surface area contributed by atoms with Crippen LogP contribution in [0, 0.1) is 0 Å². The zero-order valence-corrected chi connectivity index (χ0v) is 14.5. The van der Waals surface area contributed by atoms with Crippen LogP contribution in [0.2, 0.25) is 0 Å². The molecule has 1 unspecified atom stereocenters. The van der Waals surface area contributed by atoms with Crippen molar-refractivity contribution in [1.29, 1.82) is 0 Å². The summed E-state index contributed by atoms with van der Waals surface area (Å²) in [6, 6.07) is 14.1. The molecule has 1 aliphatic heterocycles. The van der Waals surface area contributed by atoms with Gasteiger partial charge < -0.3 is 5.11 Å². The number of aliphatic hydroxyl groups excluding tert-OH is 1. The fraction of sp³-hybridized carbons (Fsp3) is 0.294. The molecular weight excluding hydrogens is 330 g/mol. The minimum Gasteiger partial charge on any atom is -0.388 e. The second-order valence-electron chi connectivity index (χ2n) is 5.47. The summed E-state index contributed by atoms with van der Waals surface area (Å²) in [5.74, 6) is 0. The maximum atomic E-state index is 13.0. The monoisotopic (exact) mass is 349 g/mol. The number of aliphatic hydroxyl groups is 1. The van der Waals surface area contributed by atoms with Crippen LogP contribution >= 0.6 is 11.8 Å². The molecule has 0 bridgehead atoms. The highest BCUT2D eigenvalue weighted by Gasteiger charge is 2.30. The highest BCUT2D eigenvalue weighted by Crippen LogP contribution is 2.36. The van der Waals surface area contributed by atoms with Gasteiger partial charge in [0.25, 0.3) is 10.0 Å². The average Bonchev–Trinajstić information content (AvgIpc) is 2.75. The Balaban J connectivity index is 2.06. The third-order valence-electron chi connectivity index (χ3n) is 4.05. The number of nitrogens with zero attached hydrogens (tertiary/aromatic N) is 1. The largest absolute Gasteiger partial charge is 0.388 e. The number of thioether (sulfide) groups is 1.